The van der Waals surface area contributed by atoms with Crippen molar-refractivity contribution in [1.82, 2.24) is 15.1 Å². The molecular weight excluding hydrogens is 510 g/mol. The van der Waals surface area contributed by atoms with E-state index in [1.165, 1.54) is 31.2 Å². The Balaban J connectivity index is 1.15. The van der Waals surface area contributed by atoms with Crippen molar-refractivity contribution in [2.45, 2.75) is 69.7 Å². The quantitative estimate of drug-likeness (QED) is 0.289. The largest absolute Gasteiger partial charge is 0.374 e. The molecule has 6 heteroatoms. The summed E-state index contributed by atoms with van der Waals surface area (Å²) < 4.78 is 5.90. The SMILES string of the molecule is O=C1C(COCc2ccccc2)NC(=O)C2(CCN(CCCCCCc3ccccc3)CC2)N1Cc1ccccc1. The monoisotopic (exact) mass is 553 g/mol. The summed E-state index contributed by atoms with van der Waals surface area (Å²) in [5.41, 5.74) is 2.69. The van der Waals surface area contributed by atoms with Crippen molar-refractivity contribution in [2.75, 3.05) is 26.2 Å². The number of nitrogens with zero attached hydrogens (tertiary/aromatic N) is 2. The highest BCUT2D eigenvalue weighted by molar-refractivity contribution is 6.00. The van der Waals surface area contributed by atoms with Gasteiger partial charge in [-0.15, -0.1) is 0 Å². The zero-order valence-electron chi connectivity index (χ0n) is 24.0. The van der Waals surface area contributed by atoms with Crippen LogP contribution in [-0.2, 0) is 33.9 Å². The standard InChI is InChI=1S/C35H43N3O3/c39-33-32(28-41-27-31-19-11-5-12-20-31)36-34(40)35(38(33)26-30-17-9-4-10-18-30)21-24-37(25-22-35)23-13-2-1-6-14-29-15-7-3-8-16-29/h3-5,7-12,15-20,32H,1-2,6,13-14,21-28H2,(H,36,40). The van der Waals surface area contributed by atoms with E-state index in [9.17, 15) is 9.59 Å². The zero-order valence-corrected chi connectivity index (χ0v) is 24.0. The lowest BCUT2D eigenvalue weighted by Gasteiger charge is -2.51. The Labute approximate surface area is 244 Å². The number of carbonyl (C=O) groups excluding carboxylic acids is 2. The summed E-state index contributed by atoms with van der Waals surface area (Å²) in [7, 11) is 0. The van der Waals surface area contributed by atoms with Crippen LogP contribution in [0.5, 0.6) is 0 Å². The van der Waals surface area contributed by atoms with E-state index in [-0.39, 0.29) is 18.4 Å². The second kappa shape index (κ2) is 14.4. The van der Waals surface area contributed by atoms with Gasteiger partial charge in [0, 0.05) is 19.6 Å². The van der Waals surface area contributed by atoms with Crippen molar-refractivity contribution >= 4 is 11.8 Å². The van der Waals surface area contributed by atoms with E-state index in [1.807, 2.05) is 65.6 Å². The number of hydrogen-bond donors (Lipinski definition) is 1. The molecule has 2 aliphatic heterocycles. The van der Waals surface area contributed by atoms with Gasteiger partial charge in [-0.2, -0.15) is 0 Å². The van der Waals surface area contributed by atoms with Gasteiger partial charge in [0.25, 0.3) is 0 Å². The molecule has 0 aromatic heterocycles. The Morgan fingerprint density at radius 1 is 0.732 bits per heavy atom. The molecule has 1 N–H and O–H groups in total. The van der Waals surface area contributed by atoms with E-state index in [0.29, 0.717) is 26.0 Å². The smallest absolute Gasteiger partial charge is 0.248 e. The fourth-order valence-corrected chi connectivity index (χ4v) is 6.16. The average Bonchev–Trinajstić information content (AvgIpc) is 3.02. The first-order chi connectivity index (χ1) is 20.1. The minimum Gasteiger partial charge on any atom is -0.374 e. The van der Waals surface area contributed by atoms with Gasteiger partial charge >= 0.3 is 0 Å². The van der Waals surface area contributed by atoms with Crippen molar-refractivity contribution < 1.29 is 14.3 Å². The first-order valence-corrected chi connectivity index (χ1v) is 15.2. The van der Waals surface area contributed by atoms with E-state index in [4.69, 9.17) is 4.74 Å². The molecule has 216 valence electrons. The summed E-state index contributed by atoms with van der Waals surface area (Å²) in [5.74, 6) is -0.0877. The van der Waals surface area contributed by atoms with Gasteiger partial charge in [-0.25, -0.2) is 0 Å². The maximum Gasteiger partial charge on any atom is 0.248 e. The van der Waals surface area contributed by atoms with Crippen LogP contribution in [-0.4, -0.2) is 59.4 Å². The summed E-state index contributed by atoms with van der Waals surface area (Å²) in [6.07, 6.45) is 7.31. The molecule has 41 heavy (non-hydrogen) atoms. The van der Waals surface area contributed by atoms with Crippen LogP contribution < -0.4 is 5.32 Å². The van der Waals surface area contributed by atoms with Crippen LogP contribution in [0, 0.1) is 0 Å². The molecule has 2 saturated heterocycles. The van der Waals surface area contributed by atoms with Crippen molar-refractivity contribution in [3.05, 3.63) is 108 Å². The van der Waals surface area contributed by atoms with Crippen LogP contribution in [0.2, 0.25) is 0 Å². The average molecular weight is 554 g/mol. The molecule has 0 aliphatic carbocycles. The molecule has 3 aromatic carbocycles. The van der Waals surface area contributed by atoms with E-state index >= 15 is 0 Å². The number of ether oxygens (including phenoxy) is 1. The van der Waals surface area contributed by atoms with Crippen molar-refractivity contribution in [3.63, 3.8) is 0 Å². The van der Waals surface area contributed by atoms with Crippen molar-refractivity contribution in [2.24, 2.45) is 0 Å². The number of amides is 2. The van der Waals surface area contributed by atoms with Gasteiger partial charge in [-0.3, -0.25) is 9.59 Å². The molecule has 2 aliphatic rings. The predicted molar refractivity (Wildman–Crippen MR) is 162 cm³/mol. The number of rotatable bonds is 13. The molecule has 3 aromatic rings. The van der Waals surface area contributed by atoms with Gasteiger partial charge in [-0.1, -0.05) is 104 Å². The molecule has 0 radical (unpaired) electrons. The lowest BCUT2D eigenvalue weighted by molar-refractivity contribution is -0.164. The van der Waals surface area contributed by atoms with Crippen LogP contribution >= 0.6 is 0 Å². The van der Waals surface area contributed by atoms with Crippen LogP contribution in [0.15, 0.2) is 91.0 Å². The third-order valence-corrected chi connectivity index (χ3v) is 8.60. The lowest BCUT2D eigenvalue weighted by Crippen LogP contribution is -2.73. The summed E-state index contributed by atoms with van der Waals surface area (Å²) in [4.78, 5) is 31.9. The summed E-state index contributed by atoms with van der Waals surface area (Å²) in [6.45, 7) is 3.70. The van der Waals surface area contributed by atoms with Crippen molar-refractivity contribution in [3.8, 4) is 0 Å². The zero-order chi connectivity index (χ0) is 28.3. The van der Waals surface area contributed by atoms with E-state index in [1.54, 1.807) is 0 Å². The molecule has 2 fully saturated rings. The number of benzene rings is 3. The molecule has 1 unspecified atom stereocenters. The molecular formula is C35H43N3O3. The second-order valence-electron chi connectivity index (χ2n) is 11.5. The highest BCUT2D eigenvalue weighted by Gasteiger charge is 2.53. The Hall–Kier alpha value is -3.48. The molecule has 0 bridgehead atoms. The van der Waals surface area contributed by atoms with Crippen LogP contribution in [0.3, 0.4) is 0 Å². The minimum atomic E-state index is -0.810. The summed E-state index contributed by atoms with van der Waals surface area (Å²) >= 11 is 0. The number of unbranched alkanes of at least 4 members (excludes halogenated alkanes) is 3. The van der Waals surface area contributed by atoms with E-state index in [2.05, 4.69) is 40.5 Å². The first-order valence-electron chi connectivity index (χ1n) is 15.2. The van der Waals surface area contributed by atoms with Gasteiger partial charge < -0.3 is 19.9 Å². The minimum absolute atomic E-state index is 0.0399. The molecule has 6 nitrogen and oxygen atoms in total. The lowest BCUT2D eigenvalue weighted by atomic mass is 9.81. The first kappa shape index (κ1) is 29.0. The fraction of sp³-hybridized carbons (Fsp3) is 0.429. The molecule has 2 heterocycles. The van der Waals surface area contributed by atoms with Gasteiger partial charge in [0.1, 0.15) is 11.6 Å². The molecule has 5 rings (SSSR count). The number of piperidine rings is 1. The fourth-order valence-electron chi connectivity index (χ4n) is 6.16. The Morgan fingerprint density at radius 2 is 1.32 bits per heavy atom. The third-order valence-electron chi connectivity index (χ3n) is 8.60. The van der Waals surface area contributed by atoms with Crippen LogP contribution in [0.25, 0.3) is 0 Å². The summed E-state index contributed by atoms with van der Waals surface area (Å²) in [5, 5.41) is 3.05. The number of nitrogens with one attached hydrogen (secondary N) is 1. The maximum atomic E-state index is 13.9. The van der Waals surface area contributed by atoms with Gasteiger partial charge in [0.2, 0.25) is 11.8 Å². The van der Waals surface area contributed by atoms with E-state index < -0.39 is 11.6 Å². The second-order valence-corrected chi connectivity index (χ2v) is 11.5. The Kier molecular flexibility index (Phi) is 10.2. The van der Waals surface area contributed by atoms with E-state index in [0.717, 1.165) is 37.2 Å². The Bertz CT molecular complexity index is 1230. The highest BCUT2D eigenvalue weighted by Crippen LogP contribution is 2.34. The predicted octanol–water partition coefficient (Wildman–Crippen LogP) is 5.37. The van der Waals surface area contributed by atoms with Crippen LogP contribution in [0.4, 0.5) is 0 Å². The van der Waals surface area contributed by atoms with Gasteiger partial charge in [0.05, 0.1) is 13.2 Å². The normalized spacial score (nSPS) is 18.9. The number of likely N-dealkylation sites (tertiary alicyclic amines) is 1. The van der Waals surface area contributed by atoms with Gasteiger partial charge in [-0.05, 0) is 55.3 Å². The number of piperazine rings is 1. The maximum absolute atomic E-state index is 13.9. The summed E-state index contributed by atoms with van der Waals surface area (Å²) in [6, 6.07) is 29.9. The van der Waals surface area contributed by atoms with Crippen molar-refractivity contribution in [1.29, 1.82) is 0 Å². The highest BCUT2D eigenvalue weighted by atomic mass is 16.5. The number of carbonyl (C=O) groups is 2. The molecule has 0 saturated carbocycles. The Morgan fingerprint density at radius 3 is 1.98 bits per heavy atom. The van der Waals surface area contributed by atoms with Gasteiger partial charge in [0.15, 0.2) is 0 Å². The topological polar surface area (TPSA) is 61.9 Å². The number of aryl methyl sites for hydroxylation is 1. The molecule has 2 amide bonds. The molecule has 1 spiro atoms. The van der Waals surface area contributed by atoms with Crippen LogP contribution in [0.1, 0.15) is 55.2 Å². The number of hydrogen-bond acceptors (Lipinski definition) is 4. The molecule has 1 atom stereocenters. The third kappa shape index (κ3) is 7.63.